The number of aromatic hydroxyl groups is 1. The van der Waals surface area contributed by atoms with Gasteiger partial charge in [0.25, 0.3) is 5.91 Å². The molecule has 5 atom stereocenters. The molecule has 3 aliphatic rings. The first-order valence-electron chi connectivity index (χ1n) is 9.00. The van der Waals surface area contributed by atoms with Crippen LogP contribution in [0.25, 0.3) is 5.76 Å². The van der Waals surface area contributed by atoms with Crippen LogP contribution in [0, 0.1) is 11.8 Å². The zero-order chi connectivity index (χ0) is 21.4. The van der Waals surface area contributed by atoms with Crippen LogP contribution in [0.5, 0.6) is 5.75 Å². The normalized spacial score (nSPS) is 33.9. The number of aliphatic hydroxyl groups excluding tert-OH is 3. The second-order valence-corrected chi connectivity index (χ2v) is 7.73. The number of primary amides is 1. The topological polar surface area (TPSA) is 178 Å². The Morgan fingerprint density at radius 1 is 1.21 bits per heavy atom. The number of hydrogen-bond donors (Lipinski definition) is 6. The lowest BCUT2D eigenvalue weighted by molar-refractivity contribution is -0.160. The molecule has 9 heteroatoms. The standard InChI is InChI=1S/C20H19NO8/c1-6-7-3-2-4-9(22)12(7)16(25)14-11(6)15(24)8-5-10(23)13(19(21)28)17(26)20(8,29)18(14)27/h2-4,6,8,11,15,22,24-26,29H,5H2,1H3,(H2,21,28)/t6-,8?,11?,15?,20+/m0/s1. The van der Waals surface area contributed by atoms with Crippen molar-refractivity contribution in [2.24, 2.45) is 17.6 Å². The Morgan fingerprint density at radius 2 is 1.86 bits per heavy atom. The Bertz CT molecular complexity index is 1050. The predicted molar refractivity (Wildman–Crippen MR) is 97.5 cm³/mol. The van der Waals surface area contributed by atoms with Crippen LogP contribution in [-0.2, 0) is 14.4 Å². The van der Waals surface area contributed by atoms with Crippen LogP contribution in [0.4, 0.5) is 0 Å². The molecule has 3 aliphatic carbocycles. The van der Waals surface area contributed by atoms with Crippen LogP contribution in [0.2, 0.25) is 0 Å². The van der Waals surface area contributed by atoms with E-state index in [0.29, 0.717) is 5.56 Å². The summed E-state index contributed by atoms with van der Waals surface area (Å²) >= 11 is 0. The molecule has 3 unspecified atom stereocenters. The molecular weight excluding hydrogens is 382 g/mol. The zero-order valence-electron chi connectivity index (χ0n) is 15.3. The van der Waals surface area contributed by atoms with E-state index >= 15 is 0 Å². The van der Waals surface area contributed by atoms with Crippen LogP contribution in [-0.4, -0.2) is 54.7 Å². The molecule has 4 rings (SSSR count). The van der Waals surface area contributed by atoms with Gasteiger partial charge in [0.2, 0.25) is 5.78 Å². The number of ketones is 2. The summed E-state index contributed by atoms with van der Waals surface area (Å²) in [6.07, 6.45) is -2.10. The molecule has 7 N–H and O–H groups in total. The number of carbonyl (C=O) groups is 3. The van der Waals surface area contributed by atoms with Gasteiger partial charge in [-0.3, -0.25) is 14.4 Å². The van der Waals surface area contributed by atoms with Crippen LogP contribution >= 0.6 is 0 Å². The Labute approximate surface area is 164 Å². The van der Waals surface area contributed by atoms with Crippen molar-refractivity contribution in [1.29, 1.82) is 0 Å². The Hall–Kier alpha value is -3.17. The molecule has 152 valence electrons. The molecule has 9 nitrogen and oxygen atoms in total. The van der Waals surface area contributed by atoms with Gasteiger partial charge < -0.3 is 31.3 Å². The summed E-state index contributed by atoms with van der Waals surface area (Å²) in [5.74, 6) is -8.54. The molecule has 0 saturated heterocycles. The minimum Gasteiger partial charge on any atom is -0.508 e. The molecule has 1 fully saturated rings. The molecule has 0 radical (unpaired) electrons. The highest BCUT2D eigenvalue weighted by molar-refractivity contribution is 6.22. The average molecular weight is 401 g/mol. The number of aliphatic hydroxyl groups is 4. The Balaban J connectivity index is 2.02. The number of rotatable bonds is 1. The number of hydrogen-bond acceptors (Lipinski definition) is 8. The van der Waals surface area contributed by atoms with Crippen molar-refractivity contribution in [3.8, 4) is 5.75 Å². The third kappa shape index (κ3) is 2.19. The first kappa shape index (κ1) is 19.2. The Kier molecular flexibility index (Phi) is 3.91. The maximum atomic E-state index is 13.3. The summed E-state index contributed by atoms with van der Waals surface area (Å²) < 4.78 is 0. The number of Topliss-reactive ketones (excluding diaryl/α,β-unsaturated/α-hetero) is 2. The molecule has 0 spiro atoms. The SMILES string of the molecule is C[C@H]1c2cccc(O)c2C(O)=C2C(=O)[C@]3(O)C(O)=C(C(N)=O)C(=O)CC3C(O)C21. The Morgan fingerprint density at radius 3 is 2.48 bits per heavy atom. The maximum Gasteiger partial charge on any atom is 0.255 e. The van der Waals surface area contributed by atoms with Crippen molar-refractivity contribution in [2.45, 2.75) is 31.0 Å². The second-order valence-electron chi connectivity index (χ2n) is 7.73. The van der Waals surface area contributed by atoms with Crippen molar-refractivity contribution < 1.29 is 39.9 Å². The van der Waals surface area contributed by atoms with Gasteiger partial charge in [-0.25, -0.2) is 0 Å². The zero-order valence-corrected chi connectivity index (χ0v) is 15.3. The number of fused-ring (bicyclic) bond motifs is 3. The summed E-state index contributed by atoms with van der Waals surface area (Å²) in [6, 6.07) is 4.49. The quantitative estimate of drug-likeness (QED) is 0.355. The summed E-state index contributed by atoms with van der Waals surface area (Å²) in [4.78, 5) is 37.2. The van der Waals surface area contributed by atoms with E-state index < -0.39 is 70.4 Å². The fourth-order valence-corrected chi connectivity index (χ4v) is 4.96. The molecule has 1 aromatic carbocycles. The number of carbonyl (C=O) groups excluding carboxylic acids is 3. The van der Waals surface area contributed by atoms with Gasteiger partial charge in [0.15, 0.2) is 11.4 Å². The van der Waals surface area contributed by atoms with Crippen molar-refractivity contribution in [3.05, 3.63) is 46.2 Å². The molecule has 1 aromatic rings. The highest BCUT2D eigenvalue weighted by atomic mass is 16.4. The summed E-state index contributed by atoms with van der Waals surface area (Å²) in [5.41, 5.74) is 1.48. The van der Waals surface area contributed by atoms with E-state index in [1.165, 1.54) is 6.07 Å². The van der Waals surface area contributed by atoms with Gasteiger partial charge in [-0.05, 0) is 17.5 Å². The molecular formula is C20H19NO8. The summed E-state index contributed by atoms with van der Waals surface area (Å²) in [7, 11) is 0. The van der Waals surface area contributed by atoms with E-state index in [1.54, 1.807) is 19.1 Å². The van der Waals surface area contributed by atoms with Gasteiger partial charge in [-0.2, -0.15) is 0 Å². The van der Waals surface area contributed by atoms with Crippen LogP contribution in [0.3, 0.4) is 0 Å². The molecule has 29 heavy (non-hydrogen) atoms. The van der Waals surface area contributed by atoms with Crippen molar-refractivity contribution in [3.63, 3.8) is 0 Å². The first-order valence-corrected chi connectivity index (χ1v) is 9.00. The summed E-state index contributed by atoms with van der Waals surface area (Å²) in [5, 5.41) is 53.6. The monoisotopic (exact) mass is 401 g/mol. The number of benzene rings is 1. The molecule has 0 bridgehead atoms. The highest BCUT2D eigenvalue weighted by Gasteiger charge is 2.64. The van der Waals surface area contributed by atoms with Gasteiger partial charge in [-0.15, -0.1) is 0 Å². The first-order chi connectivity index (χ1) is 13.5. The number of phenols is 1. The fourth-order valence-electron chi connectivity index (χ4n) is 4.96. The van der Waals surface area contributed by atoms with Gasteiger partial charge in [0.05, 0.1) is 11.7 Å². The van der Waals surface area contributed by atoms with Gasteiger partial charge >= 0.3 is 0 Å². The average Bonchev–Trinajstić information content (AvgIpc) is 2.65. The largest absolute Gasteiger partial charge is 0.508 e. The van der Waals surface area contributed by atoms with E-state index in [4.69, 9.17) is 5.73 Å². The minimum absolute atomic E-state index is 0.0145. The predicted octanol–water partition coefficient (Wildman–Crippen LogP) is -0.0443. The lowest BCUT2D eigenvalue weighted by atomic mass is 9.55. The summed E-state index contributed by atoms with van der Waals surface area (Å²) in [6.45, 7) is 1.67. The van der Waals surface area contributed by atoms with E-state index in [2.05, 4.69) is 0 Å². The van der Waals surface area contributed by atoms with Gasteiger partial charge in [-0.1, -0.05) is 19.1 Å². The number of amides is 1. The van der Waals surface area contributed by atoms with Crippen LogP contribution < -0.4 is 5.73 Å². The van der Waals surface area contributed by atoms with E-state index in [0.717, 1.165) is 0 Å². The minimum atomic E-state index is -2.81. The smallest absolute Gasteiger partial charge is 0.255 e. The van der Waals surface area contributed by atoms with Crippen LogP contribution in [0.15, 0.2) is 35.1 Å². The third-order valence-corrected chi connectivity index (χ3v) is 6.37. The third-order valence-electron chi connectivity index (χ3n) is 6.37. The highest BCUT2D eigenvalue weighted by Crippen LogP contribution is 2.55. The maximum absolute atomic E-state index is 13.3. The van der Waals surface area contributed by atoms with Crippen molar-refractivity contribution >= 4 is 23.2 Å². The molecule has 0 aliphatic heterocycles. The molecule has 1 amide bonds. The number of nitrogens with two attached hydrogens (primary N) is 1. The molecule has 0 heterocycles. The van der Waals surface area contributed by atoms with Gasteiger partial charge in [0, 0.05) is 23.8 Å². The van der Waals surface area contributed by atoms with E-state index in [1.807, 2.05) is 0 Å². The van der Waals surface area contributed by atoms with Crippen molar-refractivity contribution in [1.82, 2.24) is 0 Å². The van der Waals surface area contributed by atoms with Crippen molar-refractivity contribution in [2.75, 3.05) is 0 Å². The molecule has 1 saturated carbocycles. The lowest BCUT2D eigenvalue weighted by Gasteiger charge is -2.50. The number of phenolic OH excluding ortho intramolecular Hbond substituents is 1. The van der Waals surface area contributed by atoms with Crippen LogP contribution in [0.1, 0.15) is 30.4 Å². The second kappa shape index (κ2) is 5.91. The van der Waals surface area contributed by atoms with E-state index in [9.17, 15) is 39.9 Å². The molecule has 0 aromatic heterocycles. The van der Waals surface area contributed by atoms with Gasteiger partial charge in [0.1, 0.15) is 22.8 Å². The fraction of sp³-hybridized carbons (Fsp3) is 0.350. The lowest BCUT2D eigenvalue weighted by Crippen LogP contribution is -2.63. The van der Waals surface area contributed by atoms with E-state index in [-0.39, 0.29) is 16.9 Å².